The molecule has 23 heavy (non-hydrogen) atoms. The first-order chi connectivity index (χ1) is 10.7. The summed E-state index contributed by atoms with van der Waals surface area (Å²) in [4.78, 5) is 25.7. The fourth-order valence-corrected chi connectivity index (χ4v) is 4.52. The average Bonchev–Trinajstić information content (AvgIpc) is 2.82. The number of hydrogen-bond acceptors (Lipinski definition) is 4. The lowest BCUT2D eigenvalue weighted by Gasteiger charge is -2.23. The van der Waals surface area contributed by atoms with Crippen LogP contribution in [-0.4, -0.2) is 49.7 Å². The molecule has 0 radical (unpaired) electrons. The third-order valence-electron chi connectivity index (χ3n) is 4.21. The van der Waals surface area contributed by atoms with Crippen molar-refractivity contribution in [2.24, 2.45) is 0 Å². The molecule has 1 N–H and O–H groups in total. The number of nitrogens with one attached hydrogen (secondary N) is 1. The SMILES string of the molecule is Cc1cccc(C)c1NC(=O)CC(=O)N(C)C1CCS(=O)(=O)C1. The van der Waals surface area contributed by atoms with Gasteiger partial charge in [-0.25, -0.2) is 8.42 Å². The Morgan fingerprint density at radius 2 is 1.87 bits per heavy atom. The van der Waals surface area contributed by atoms with Gasteiger partial charge < -0.3 is 10.2 Å². The molecular formula is C16H22N2O4S. The van der Waals surface area contributed by atoms with Gasteiger partial charge in [0, 0.05) is 18.8 Å². The molecule has 1 fully saturated rings. The van der Waals surface area contributed by atoms with Crippen molar-refractivity contribution in [1.29, 1.82) is 0 Å². The summed E-state index contributed by atoms with van der Waals surface area (Å²) in [5, 5.41) is 2.77. The number of carbonyl (C=O) groups excluding carboxylic acids is 2. The first-order valence-electron chi connectivity index (χ1n) is 7.52. The average molecular weight is 338 g/mol. The molecule has 6 nitrogen and oxygen atoms in total. The Morgan fingerprint density at radius 3 is 2.39 bits per heavy atom. The lowest BCUT2D eigenvalue weighted by atomic mass is 10.1. The van der Waals surface area contributed by atoms with Crippen LogP contribution in [0.4, 0.5) is 5.69 Å². The molecule has 1 aliphatic rings. The number of hydrogen-bond donors (Lipinski definition) is 1. The van der Waals surface area contributed by atoms with Crippen molar-refractivity contribution in [2.45, 2.75) is 32.7 Å². The molecule has 1 aromatic rings. The number of amides is 2. The van der Waals surface area contributed by atoms with Crippen molar-refractivity contribution in [2.75, 3.05) is 23.9 Å². The summed E-state index contributed by atoms with van der Waals surface area (Å²) in [6.45, 7) is 3.78. The number of benzene rings is 1. The van der Waals surface area contributed by atoms with Crippen LogP contribution < -0.4 is 5.32 Å². The first-order valence-corrected chi connectivity index (χ1v) is 9.34. The van der Waals surface area contributed by atoms with Gasteiger partial charge in [-0.2, -0.15) is 0 Å². The van der Waals surface area contributed by atoms with E-state index in [9.17, 15) is 18.0 Å². The summed E-state index contributed by atoms with van der Waals surface area (Å²) in [5.74, 6) is -0.673. The fourth-order valence-electron chi connectivity index (χ4n) is 2.74. The maximum absolute atomic E-state index is 12.2. The molecular weight excluding hydrogens is 316 g/mol. The van der Waals surface area contributed by atoms with Gasteiger partial charge in [0.1, 0.15) is 6.42 Å². The topological polar surface area (TPSA) is 83.6 Å². The predicted molar refractivity (Wildman–Crippen MR) is 89.0 cm³/mol. The number of anilines is 1. The van der Waals surface area contributed by atoms with Crippen LogP contribution in [0.2, 0.25) is 0 Å². The van der Waals surface area contributed by atoms with Crippen molar-refractivity contribution in [3.8, 4) is 0 Å². The second-order valence-electron chi connectivity index (χ2n) is 6.05. The minimum atomic E-state index is -3.06. The highest BCUT2D eigenvalue weighted by Crippen LogP contribution is 2.20. The molecule has 2 rings (SSSR count). The third-order valence-corrected chi connectivity index (χ3v) is 5.96. The number of aryl methyl sites for hydroxylation is 2. The summed E-state index contributed by atoms with van der Waals surface area (Å²) < 4.78 is 23.0. The highest BCUT2D eigenvalue weighted by molar-refractivity contribution is 7.91. The minimum Gasteiger partial charge on any atom is -0.341 e. The van der Waals surface area contributed by atoms with Crippen LogP contribution in [0.3, 0.4) is 0 Å². The Labute approximate surface area is 136 Å². The van der Waals surface area contributed by atoms with E-state index in [1.807, 2.05) is 32.0 Å². The van der Waals surface area contributed by atoms with Gasteiger partial charge in [-0.1, -0.05) is 18.2 Å². The molecule has 0 aromatic heterocycles. The Morgan fingerprint density at radius 1 is 1.26 bits per heavy atom. The molecule has 0 aliphatic carbocycles. The Hall–Kier alpha value is -1.89. The lowest BCUT2D eigenvalue weighted by molar-refractivity contribution is -0.134. The standard InChI is InChI=1S/C16H22N2O4S/c1-11-5-4-6-12(2)16(11)17-14(19)9-15(20)18(3)13-7-8-23(21,22)10-13/h4-6,13H,7-10H2,1-3H3,(H,17,19). The van der Waals surface area contributed by atoms with E-state index in [-0.39, 0.29) is 35.8 Å². The van der Waals surface area contributed by atoms with Crippen molar-refractivity contribution in [3.63, 3.8) is 0 Å². The summed E-state index contributed by atoms with van der Waals surface area (Å²) in [5.41, 5.74) is 2.58. The van der Waals surface area contributed by atoms with Crippen LogP contribution >= 0.6 is 0 Å². The van der Waals surface area contributed by atoms with Crippen LogP contribution in [0.15, 0.2) is 18.2 Å². The van der Waals surface area contributed by atoms with Crippen molar-refractivity contribution < 1.29 is 18.0 Å². The molecule has 1 unspecified atom stereocenters. The largest absolute Gasteiger partial charge is 0.341 e. The second-order valence-corrected chi connectivity index (χ2v) is 8.28. The maximum atomic E-state index is 12.2. The van der Waals surface area contributed by atoms with Gasteiger partial charge in [0.2, 0.25) is 11.8 Å². The fraction of sp³-hybridized carbons (Fsp3) is 0.500. The number of nitrogens with zero attached hydrogens (tertiary/aromatic N) is 1. The van der Waals surface area contributed by atoms with Gasteiger partial charge in [0.15, 0.2) is 9.84 Å². The predicted octanol–water partition coefficient (Wildman–Crippen LogP) is 1.28. The molecule has 0 bridgehead atoms. The van der Waals surface area contributed by atoms with E-state index in [4.69, 9.17) is 0 Å². The highest BCUT2D eigenvalue weighted by atomic mass is 32.2. The summed E-state index contributed by atoms with van der Waals surface area (Å²) in [6.07, 6.45) is 0.143. The van der Waals surface area contributed by atoms with Crippen LogP contribution in [0.1, 0.15) is 24.0 Å². The molecule has 1 aromatic carbocycles. The summed E-state index contributed by atoms with van der Waals surface area (Å²) in [7, 11) is -1.50. The molecule has 1 aliphatic heterocycles. The van der Waals surface area contributed by atoms with Crippen LogP contribution in [0.25, 0.3) is 0 Å². The van der Waals surface area contributed by atoms with Gasteiger partial charge >= 0.3 is 0 Å². The van der Waals surface area contributed by atoms with Crippen molar-refractivity contribution >= 4 is 27.3 Å². The molecule has 2 amide bonds. The van der Waals surface area contributed by atoms with E-state index in [1.54, 1.807) is 7.05 Å². The van der Waals surface area contributed by atoms with E-state index in [1.165, 1.54) is 4.90 Å². The molecule has 1 atom stereocenters. The van der Waals surface area contributed by atoms with Crippen LogP contribution in [0, 0.1) is 13.8 Å². The van der Waals surface area contributed by atoms with Gasteiger partial charge in [-0.15, -0.1) is 0 Å². The van der Waals surface area contributed by atoms with Gasteiger partial charge in [0.05, 0.1) is 11.5 Å². The van der Waals surface area contributed by atoms with Crippen LogP contribution in [-0.2, 0) is 19.4 Å². The number of rotatable bonds is 4. The Kier molecular flexibility index (Phi) is 5.09. The van der Waals surface area contributed by atoms with E-state index in [0.29, 0.717) is 6.42 Å². The molecule has 0 spiro atoms. The van der Waals surface area contributed by atoms with Gasteiger partial charge in [0.25, 0.3) is 0 Å². The minimum absolute atomic E-state index is 0.0201. The van der Waals surface area contributed by atoms with Gasteiger partial charge in [-0.05, 0) is 31.4 Å². The molecule has 7 heteroatoms. The van der Waals surface area contributed by atoms with E-state index in [2.05, 4.69) is 5.32 Å². The smallest absolute Gasteiger partial charge is 0.233 e. The second kappa shape index (κ2) is 6.70. The third kappa shape index (κ3) is 4.31. The number of para-hydroxylation sites is 1. The zero-order valence-electron chi connectivity index (χ0n) is 13.6. The van der Waals surface area contributed by atoms with Gasteiger partial charge in [-0.3, -0.25) is 9.59 Å². The quantitative estimate of drug-likeness (QED) is 0.838. The normalized spacial score (nSPS) is 19.3. The molecule has 126 valence electrons. The lowest BCUT2D eigenvalue weighted by Crippen LogP contribution is -2.39. The Bertz CT molecular complexity index is 707. The van der Waals surface area contributed by atoms with Crippen molar-refractivity contribution in [3.05, 3.63) is 29.3 Å². The highest BCUT2D eigenvalue weighted by Gasteiger charge is 2.33. The van der Waals surface area contributed by atoms with E-state index >= 15 is 0 Å². The monoisotopic (exact) mass is 338 g/mol. The van der Waals surface area contributed by atoms with E-state index in [0.717, 1.165) is 16.8 Å². The van der Waals surface area contributed by atoms with E-state index < -0.39 is 9.84 Å². The zero-order chi connectivity index (χ0) is 17.2. The zero-order valence-corrected chi connectivity index (χ0v) is 14.4. The summed E-state index contributed by atoms with van der Waals surface area (Å²) in [6, 6.07) is 5.35. The molecule has 1 heterocycles. The summed E-state index contributed by atoms with van der Waals surface area (Å²) >= 11 is 0. The van der Waals surface area contributed by atoms with Crippen LogP contribution in [0.5, 0.6) is 0 Å². The molecule has 0 saturated carbocycles. The molecule has 1 saturated heterocycles. The number of carbonyl (C=O) groups is 2. The Balaban J connectivity index is 1.96. The van der Waals surface area contributed by atoms with Crippen molar-refractivity contribution in [1.82, 2.24) is 4.90 Å². The maximum Gasteiger partial charge on any atom is 0.233 e. The first kappa shape index (κ1) is 17.5. The number of sulfone groups is 1.